The van der Waals surface area contributed by atoms with E-state index in [1.807, 2.05) is 28.8 Å². The molecule has 0 radical (unpaired) electrons. The molecule has 1 N–H and O–H groups in total. The summed E-state index contributed by atoms with van der Waals surface area (Å²) in [7, 11) is 0. The van der Waals surface area contributed by atoms with Crippen LogP contribution in [0.4, 0.5) is 0 Å². The molecule has 0 aliphatic carbocycles. The predicted molar refractivity (Wildman–Crippen MR) is 77.4 cm³/mol. The first-order valence-electron chi connectivity index (χ1n) is 7.37. The van der Waals surface area contributed by atoms with Crippen LogP contribution in [0.3, 0.4) is 0 Å². The van der Waals surface area contributed by atoms with Crippen molar-refractivity contribution in [1.82, 2.24) is 19.9 Å². The zero-order valence-corrected chi connectivity index (χ0v) is 12.1. The monoisotopic (exact) mass is 274 g/mol. The summed E-state index contributed by atoms with van der Waals surface area (Å²) in [5.41, 5.74) is 0.899. The quantitative estimate of drug-likeness (QED) is 0.927. The van der Waals surface area contributed by atoms with Crippen LogP contribution in [0.2, 0.25) is 0 Å². The van der Waals surface area contributed by atoms with E-state index in [1.54, 1.807) is 0 Å². The van der Waals surface area contributed by atoms with Crippen LogP contribution in [0.15, 0.2) is 24.4 Å². The largest absolute Gasteiger partial charge is 0.378 e. The van der Waals surface area contributed by atoms with Gasteiger partial charge in [0.15, 0.2) is 11.5 Å². The van der Waals surface area contributed by atoms with Crippen molar-refractivity contribution in [3.05, 3.63) is 30.2 Å². The molecule has 2 atom stereocenters. The molecule has 108 valence electrons. The highest BCUT2D eigenvalue weighted by atomic mass is 16.5. The van der Waals surface area contributed by atoms with Crippen LogP contribution in [-0.2, 0) is 11.3 Å². The van der Waals surface area contributed by atoms with Crippen molar-refractivity contribution in [2.75, 3.05) is 6.61 Å². The fourth-order valence-electron chi connectivity index (χ4n) is 2.73. The van der Waals surface area contributed by atoms with E-state index in [4.69, 9.17) is 4.74 Å². The number of fused-ring (bicyclic) bond motifs is 1. The Bertz CT molecular complexity index is 566. The Hall–Kier alpha value is -1.46. The Kier molecular flexibility index (Phi) is 3.98. The predicted octanol–water partition coefficient (Wildman–Crippen LogP) is 2.02. The van der Waals surface area contributed by atoms with Gasteiger partial charge in [0.05, 0.1) is 12.6 Å². The second kappa shape index (κ2) is 5.89. The van der Waals surface area contributed by atoms with Gasteiger partial charge in [-0.25, -0.2) is 0 Å². The Morgan fingerprint density at radius 2 is 2.30 bits per heavy atom. The molecule has 3 rings (SSSR count). The number of rotatable bonds is 4. The molecular weight excluding hydrogens is 252 g/mol. The van der Waals surface area contributed by atoms with Crippen LogP contribution in [0, 0.1) is 5.92 Å². The molecule has 1 saturated heterocycles. The third kappa shape index (κ3) is 2.83. The van der Waals surface area contributed by atoms with Gasteiger partial charge in [0, 0.05) is 18.8 Å². The highest BCUT2D eigenvalue weighted by molar-refractivity contribution is 5.36. The molecule has 1 aliphatic heterocycles. The molecule has 3 heterocycles. The van der Waals surface area contributed by atoms with Crippen LogP contribution in [0.5, 0.6) is 0 Å². The number of nitrogens with zero attached hydrogens (tertiary/aromatic N) is 3. The topological polar surface area (TPSA) is 51.5 Å². The second-order valence-corrected chi connectivity index (χ2v) is 5.80. The molecule has 1 aliphatic rings. The molecule has 0 spiro atoms. The molecule has 20 heavy (non-hydrogen) atoms. The zero-order valence-electron chi connectivity index (χ0n) is 12.1. The zero-order chi connectivity index (χ0) is 13.9. The minimum atomic E-state index is 0.372. The number of hydrogen-bond donors (Lipinski definition) is 1. The summed E-state index contributed by atoms with van der Waals surface area (Å²) in [5, 5.41) is 12.0. The molecule has 2 unspecified atom stereocenters. The fraction of sp³-hybridized carbons (Fsp3) is 0.600. The summed E-state index contributed by atoms with van der Waals surface area (Å²) in [5.74, 6) is 1.54. The second-order valence-electron chi connectivity index (χ2n) is 5.80. The summed E-state index contributed by atoms with van der Waals surface area (Å²) in [6, 6.07) is 6.46. The Balaban J connectivity index is 1.62. The normalized spacial score (nSPS) is 23.6. The van der Waals surface area contributed by atoms with Gasteiger partial charge in [-0.1, -0.05) is 19.9 Å². The minimum absolute atomic E-state index is 0.372. The lowest BCUT2D eigenvalue weighted by molar-refractivity contribution is -0.0246. The summed E-state index contributed by atoms with van der Waals surface area (Å²) in [6.45, 7) is 6.04. The first-order valence-corrected chi connectivity index (χ1v) is 7.37. The summed E-state index contributed by atoms with van der Waals surface area (Å²) in [6.07, 6.45) is 4.53. The van der Waals surface area contributed by atoms with Gasteiger partial charge in [0.25, 0.3) is 0 Å². The van der Waals surface area contributed by atoms with Gasteiger partial charge in [-0.3, -0.25) is 4.40 Å². The third-order valence-corrected chi connectivity index (χ3v) is 3.99. The SMILES string of the molecule is CC(C)C1CC(NCc2nnc3ccccn23)CCO1. The standard InChI is InChI=1S/C15H22N4O/c1-11(2)13-9-12(6-8-20-13)16-10-15-18-17-14-5-3-4-7-19(14)15/h3-5,7,11-13,16H,6,8-10H2,1-2H3. The van der Waals surface area contributed by atoms with Crippen LogP contribution in [-0.4, -0.2) is 33.4 Å². The van der Waals surface area contributed by atoms with Gasteiger partial charge in [0.2, 0.25) is 0 Å². The summed E-state index contributed by atoms with van der Waals surface area (Å²) < 4.78 is 7.84. The fourth-order valence-corrected chi connectivity index (χ4v) is 2.73. The van der Waals surface area contributed by atoms with Gasteiger partial charge in [-0.2, -0.15) is 0 Å². The third-order valence-electron chi connectivity index (χ3n) is 3.99. The first-order chi connectivity index (χ1) is 9.74. The van der Waals surface area contributed by atoms with Crippen molar-refractivity contribution in [1.29, 1.82) is 0 Å². The van der Waals surface area contributed by atoms with Gasteiger partial charge in [0.1, 0.15) is 0 Å². The average molecular weight is 274 g/mol. The molecule has 5 nitrogen and oxygen atoms in total. The number of nitrogens with one attached hydrogen (secondary N) is 1. The average Bonchev–Trinajstić information content (AvgIpc) is 2.89. The lowest BCUT2D eigenvalue weighted by atomic mass is 9.95. The molecular formula is C15H22N4O. The van der Waals surface area contributed by atoms with Crippen molar-refractivity contribution in [2.24, 2.45) is 5.92 Å². The van der Waals surface area contributed by atoms with E-state index < -0.39 is 0 Å². The van der Waals surface area contributed by atoms with Crippen molar-refractivity contribution < 1.29 is 4.74 Å². The Morgan fingerprint density at radius 1 is 1.40 bits per heavy atom. The molecule has 0 bridgehead atoms. The van der Waals surface area contributed by atoms with E-state index in [1.165, 1.54) is 0 Å². The van der Waals surface area contributed by atoms with E-state index in [-0.39, 0.29) is 0 Å². The lowest BCUT2D eigenvalue weighted by Crippen LogP contribution is -2.40. The van der Waals surface area contributed by atoms with Crippen molar-refractivity contribution in [2.45, 2.75) is 45.4 Å². The number of ether oxygens (including phenoxy) is 1. The molecule has 0 amide bonds. The van der Waals surface area contributed by atoms with Gasteiger partial charge in [-0.05, 0) is 30.9 Å². The maximum atomic E-state index is 5.80. The minimum Gasteiger partial charge on any atom is -0.378 e. The molecule has 0 aromatic carbocycles. The smallest absolute Gasteiger partial charge is 0.160 e. The van der Waals surface area contributed by atoms with E-state index >= 15 is 0 Å². The van der Waals surface area contributed by atoms with Crippen LogP contribution in [0.1, 0.15) is 32.5 Å². The summed E-state index contributed by atoms with van der Waals surface area (Å²) in [4.78, 5) is 0. The van der Waals surface area contributed by atoms with E-state index in [9.17, 15) is 0 Å². The highest BCUT2D eigenvalue weighted by Gasteiger charge is 2.24. The molecule has 2 aromatic heterocycles. The van der Waals surface area contributed by atoms with E-state index in [0.717, 1.165) is 37.5 Å². The van der Waals surface area contributed by atoms with Crippen LogP contribution >= 0.6 is 0 Å². The Morgan fingerprint density at radius 3 is 3.15 bits per heavy atom. The first kappa shape index (κ1) is 13.5. The van der Waals surface area contributed by atoms with Crippen molar-refractivity contribution >= 4 is 5.65 Å². The maximum absolute atomic E-state index is 5.80. The Labute approximate surface area is 119 Å². The van der Waals surface area contributed by atoms with Crippen LogP contribution < -0.4 is 5.32 Å². The van der Waals surface area contributed by atoms with Crippen molar-refractivity contribution in [3.8, 4) is 0 Å². The molecule has 1 fully saturated rings. The van der Waals surface area contributed by atoms with Crippen molar-refractivity contribution in [3.63, 3.8) is 0 Å². The number of pyridine rings is 1. The molecule has 5 heteroatoms. The number of aromatic nitrogens is 3. The maximum Gasteiger partial charge on any atom is 0.160 e. The van der Waals surface area contributed by atoms with Gasteiger partial charge >= 0.3 is 0 Å². The van der Waals surface area contributed by atoms with Gasteiger partial charge < -0.3 is 10.1 Å². The molecule has 0 saturated carbocycles. The molecule has 2 aromatic rings. The van der Waals surface area contributed by atoms with E-state index in [0.29, 0.717) is 18.1 Å². The van der Waals surface area contributed by atoms with E-state index in [2.05, 4.69) is 29.4 Å². The highest BCUT2D eigenvalue weighted by Crippen LogP contribution is 2.20. The number of hydrogen-bond acceptors (Lipinski definition) is 4. The van der Waals surface area contributed by atoms with Gasteiger partial charge in [-0.15, -0.1) is 10.2 Å². The summed E-state index contributed by atoms with van der Waals surface area (Å²) >= 11 is 0. The lowest BCUT2D eigenvalue weighted by Gasteiger charge is -2.32. The van der Waals surface area contributed by atoms with Crippen LogP contribution in [0.25, 0.3) is 5.65 Å².